The lowest BCUT2D eigenvalue weighted by atomic mass is 9.96. The Balaban J connectivity index is 0.0000000952. The van der Waals surface area contributed by atoms with Crippen LogP contribution < -0.4 is 0 Å². The lowest BCUT2D eigenvalue weighted by Crippen LogP contribution is -1.83. The summed E-state index contributed by atoms with van der Waals surface area (Å²) in [5, 5.41) is 16.4. The third-order valence-electron chi connectivity index (χ3n) is 22.7. The van der Waals surface area contributed by atoms with Gasteiger partial charge in [-0.15, -0.1) is 68.0 Å². The second-order valence-electron chi connectivity index (χ2n) is 30.8. The van der Waals surface area contributed by atoms with Gasteiger partial charge in [0.05, 0.1) is 0 Å². The van der Waals surface area contributed by atoms with Gasteiger partial charge >= 0.3 is 0 Å². The van der Waals surface area contributed by atoms with Crippen LogP contribution >= 0.6 is 68.0 Å². The molecule has 0 radical (unpaired) electrons. The molecule has 18 aromatic carbocycles. The molecule has 0 nitrogen and oxygen atoms in total. The highest BCUT2D eigenvalue weighted by molar-refractivity contribution is 7.28. The van der Waals surface area contributed by atoms with Crippen molar-refractivity contribution in [1.82, 2.24) is 0 Å². The molecule has 0 saturated heterocycles. The summed E-state index contributed by atoms with van der Waals surface area (Å²) >= 11 is 11.3. The first-order valence-electron chi connectivity index (χ1n) is 40.8. The molecule has 0 aliphatic heterocycles. The maximum Gasteiger partial charge on any atom is 0.0433 e. The SMILES string of the molecule is Cc1ccc(-c2ccc3c(c2)sc2ccccc23)cc1.Cc1ccc(-c2cccc3sc4ccccc4c23)cc1.Cc1cccc(-c2cccc3c2sc2ccccc23)c1.Cc1cccc(-c2cccc3sc4ccccc4c23)c1.Cc1ccccc1-c1cccc2c1sc1ccccc12.Cc1ccccc1-c1cccc2sc3ccccc3c12. The van der Waals surface area contributed by atoms with E-state index in [4.69, 9.17) is 0 Å². The first kappa shape index (κ1) is 77.2. The molecule has 0 aliphatic rings. The molecule has 0 aliphatic carbocycles. The Bertz CT molecular complexity index is 7850. The summed E-state index contributed by atoms with van der Waals surface area (Å²) in [4.78, 5) is 0. The Morgan fingerprint density at radius 2 is 0.433 bits per heavy atom. The minimum atomic E-state index is 1.29. The topological polar surface area (TPSA) is 0 Å². The number of benzene rings is 18. The minimum Gasteiger partial charge on any atom is -0.135 e. The van der Waals surface area contributed by atoms with Crippen LogP contribution in [0.25, 0.3) is 188 Å². The van der Waals surface area contributed by atoms with E-state index in [0.717, 1.165) is 0 Å². The minimum absolute atomic E-state index is 1.29. The zero-order chi connectivity index (χ0) is 81.2. The average molecular weight is 1650 g/mol. The fourth-order valence-electron chi connectivity index (χ4n) is 16.7. The molecular weight excluding hydrogens is 1560 g/mol. The first-order valence-corrected chi connectivity index (χ1v) is 45.7. The van der Waals surface area contributed by atoms with E-state index in [9.17, 15) is 0 Å². The van der Waals surface area contributed by atoms with Crippen molar-refractivity contribution < 1.29 is 0 Å². The van der Waals surface area contributed by atoms with Crippen LogP contribution in [-0.2, 0) is 0 Å². The van der Waals surface area contributed by atoms with Crippen molar-refractivity contribution in [3.8, 4) is 66.8 Å². The fraction of sp³-hybridized carbons (Fsp3) is 0.0526. The van der Waals surface area contributed by atoms with Gasteiger partial charge in [-0.1, -0.05) is 362 Å². The summed E-state index contributed by atoms with van der Waals surface area (Å²) in [6.07, 6.45) is 0. The van der Waals surface area contributed by atoms with Crippen molar-refractivity contribution >= 4 is 189 Å². The van der Waals surface area contributed by atoms with Crippen LogP contribution in [0.1, 0.15) is 33.4 Å². The van der Waals surface area contributed by atoms with Gasteiger partial charge in [-0.3, -0.25) is 0 Å². The summed E-state index contributed by atoms with van der Waals surface area (Å²) < 4.78 is 16.4. The Hall–Kier alpha value is -12.7. The Morgan fingerprint density at radius 3 is 0.908 bits per heavy atom. The summed E-state index contributed by atoms with van der Waals surface area (Å²) in [5.74, 6) is 0. The van der Waals surface area contributed by atoms with Crippen LogP contribution in [0.3, 0.4) is 0 Å². The molecule has 6 aromatic heterocycles. The van der Waals surface area contributed by atoms with Crippen LogP contribution in [0.5, 0.6) is 0 Å². The number of rotatable bonds is 6. The Kier molecular flexibility index (Phi) is 22.1. The van der Waals surface area contributed by atoms with Gasteiger partial charge in [0.15, 0.2) is 0 Å². The zero-order valence-electron chi connectivity index (χ0n) is 67.6. The molecule has 24 rings (SSSR count). The predicted octanol–water partition coefficient (Wildman–Crippen LogP) is 36.2. The molecule has 0 bridgehead atoms. The predicted molar refractivity (Wildman–Crippen MR) is 537 cm³/mol. The van der Waals surface area contributed by atoms with E-state index in [2.05, 4.69) is 442 Å². The van der Waals surface area contributed by atoms with Gasteiger partial charge in [-0.2, -0.15) is 0 Å². The van der Waals surface area contributed by atoms with Gasteiger partial charge in [-0.05, 0) is 180 Å². The lowest BCUT2D eigenvalue weighted by molar-refractivity contribution is 1.47. The van der Waals surface area contributed by atoms with Gasteiger partial charge in [0.1, 0.15) is 0 Å². The monoisotopic (exact) mass is 1640 g/mol. The normalized spacial score (nSPS) is 11.2. The van der Waals surface area contributed by atoms with E-state index < -0.39 is 0 Å². The quantitative estimate of drug-likeness (QED) is 0.156. The molecular formula is C114H84S6. The van der Waals surface area contributed by atoms with Crippen molar-refractivity contribution in [1.29, 1.82) is 0 Å². The van der Waals surface area contributed by atoms with Crippen molar-refractivity contribution in [3.63, 3.8) is 0 Å². The summed E-state index contributed by atoms with van der Waals surface area (Å²) in [5.41, 5.74) is 23.7. The van der Waals surface area contributed by atoms with Crippen molar-refractivity contribution in [2.45, 2.75) is 41.5 Å². The van der Waals surface area contributed by atoms with Gasteiger partial charge in [-0.25, -0.2) is 0 Å². The summed E-state index contributed by atoms with van der Waals surface area (Å²) in [7, 11) is 0. The molecule has 0 spiro atoms. The second-order valence-corrected chi connectivity index (χ2v) is 37.2. The third-order valence-corrected chi connectivity index (χ3v) is 29.7. The fourth-order valence-corrected chi connectivity index (χ4v) is 23.7. The van der Waals surface area contributed by atoms with Gasteiger partial charge in [0.25, 0.3) is 0 Å². The molecule has 6 heterocycles. The number of hydrogen-bond acceptors (Lipinski definition) is 6. The highest BCUT2D eigenvalue weighted by Gasteiger charge is 2.17. The molecule has 0 fully saturated rings. The molecule has 0 amide bonds. The smallest absolute Gasteiger partial charge is 0.0433 e. The molecule has 6 heteroatoms. The molecule has 0 saturated carbocycles. The van der Waals surface area contributed by atoms with Gasteiger partial charge < -0.3 is 0 Å². The van der Waals surface area contributed by atoms with E-state index >= 15 is 0 Å². The lowest BCUT2D eigenvalue weighted by Gasteiger charge is -2.07. The maximum atomic E-state index is 2.31. The highest BCUT2D eigenvalue weighted by atomic mass is 32.1. The van der Waals surface area contributed by atoms with Gasteiger partial charge in [0, 0.05) is 121 Å². The number of thiophene rings is 6. The second kappa shape index (κ2) is 34.3. The van der Waals surface area contributed by atoms with Crippen molar-refractivity contribution in [2.75, 3.05) is 0 Å². The number of aryl methyl sites for hydroxylation is 6. The van der Waals surface area contributed by atoms with Crippen LogP contribution in [0, 0.1) is 41.5 Å². The Morgan fingerprint density at radius 1 is 0.142 bits per heavy atom. The number of hydrogen-bond donors (Lipinski definition) is 0. The first-order chi connectivity index (χ1) is 59.0. The molecule has 120 heavy (non-hydrogen) atoms. The Labute approximate surface area is 724 Å². The zero-order valence-corrected chi connectivity index (χ0v) is 72.5. The largest absolute Gasteiger partial charge is 0.135 e. The molecule has 24 aromatic rings. The van der Waals surface area contributed by atoms with E-state index in [0.29, 0.717) is 0 Å². The van der Waals surface area contributed by atoms with Crippen LogP contribution in [0.4, 0.5) is 0 Å². The standard InChI is InChI=1S/6C19H14S/c1-13-6-4-7-14(12-13)15-9-5-10-17-16-8-2-3-11-18(16)20-19(15)17;1-13-6-4-7-14(12-13)15-9-5-11-18-19(15)16-8-2-3-10-17(16)20-18;1-13-7-2-3-8-14(13)16-10-6-11-17-15-9-4-5-12-18(15)20-19(16)17;1-13-7-2-3-8-14(13)15-10-6-12-18-19(15)16-9-4-5-11-17(16)20-18;1-13-9-11-14(12-10-13)15-6-4-8-18-19(15)16-5-2-3-7-17(16)20-18;1-13-6-8-14(9-7-13)15-10-11-17-16-4-2-3-5-18(16)20-19(17)12-15/h6*2-12H,1H3. The summed E-state index contributed by atoms with van der Waals surface area (Å²) in [6, 6.07) is 144. The molecule has 0 N–H and O–H groups in total. The number of fused-ring (bicyclic) bond motifs is 18. The third kappa shape index (κ3) is 15.7. The van der Waals surface area contributed by atoms with E-state index in [1.54, 1.807) is 0 Å². The van der Waals surface area contributed by atoms with Crippen LogP contribution in [0.2, 0.25) is 0 Å². The van der Waals surface area contributed by atoms with E-state index in [-0.39, 0.29) is 0 Å². The van der Waals surface area contributed by atoms with Crippen LogP contribution in [0.15, 0.2) is 400 Å². The van der Waals surface area contributed by atoms with Crippen molar-refractivity contribution in [3.05, 3.63) is 434 Å². The highest BCUT2D eigenvalue weighted by Crippen LogP contribution is 2.47. The van der Waals surface area contributed by atoms with E-state index in [1.807, 2.05) is 68.0 Å². The maximum absolute atomic E-state index is 2.31. The summed E-state index contributed by atoms with van der Waals surface area (Å²) in [6.45, 7) is 12.9. The molecule has 0 atom stereocenters. The average Bonchev–Trinajstić information content (AvgIpc) is 1.66. The van der Waals surface area contributed by atoms with Crippen LogP contribution in [-0.4, -0.2) is 0 Å². The molecule has 0 unspecified atom stereocenters. The van der Waals surface area contributed by atoms with Gasteiger partial charge in [0.2, 0.25) is 0 Å². The molecule has 576 valence electrons. The van der Waals surface area contributed by atoms with Crippen molar-refractivity contribution in [2.24, 2.45) is 0 Å². The van der Waals surface area contributed by atoms with E-state index in [1.165, 1.54) is 221 Å².